The monoisotopic (exact) mass is 1590 g/mol. The maximum atomic E-state index is 14.9. The first kappa shape index (κ1) is 79.1. The zero-order valence-corrected chi connectivity index (χ0v) is 66.2. The number of rotatable bonds is 18. The van der Waals surface area contributed by atoms with Crippen LogP contribution in [0.3, 0.4) is 0 Å². The number of amides is 4. The topological polar surface area (TPSA) is 317 Å². The number of esters is 2. The highest BCUT2D eigenvalue weighted by Crippen LogP contribution is 2.60. The second kappa shape index (κ2) is 31.6. The molecule has 2 aromatic carbocycles. The first-order valence-corrected chi connectivity index (χ1v) is 43.7. The lowest BCUT2D eigenvalue weighted by Crippen LogP contribution is -2.47. The summed E-state index contributed by atoms with van der Waals surface area (Å²) >= 11 is 0. The van der Waals surface area contributed by atoms with E-state index >= 15 is 0 Å². The number of carbonyl (C=O) groups is 8. The van der Waals surface area contributed by atoms with Crippen LogP contribution in [0.1, 0.15) is 182 Å². The summed E-state index contributed by atoms with van der Waals surface area (Å²) in [5.74, 6) is -3.83. The first-order valence-electron chi connectivity index (χ1n) is 40.6. The van der Waals surface area contributed by atoms with Crippen molar-refractivity contribution in [3.63, 3.8) is 0 Å². The molecule has 2 unspecified atom stereocenters. The number of nitrogens with one attached hydrogen (secondary N) is 2. The second-order valence-electron chi connectivity index (χ2n) is 35.1. The molecular formula is C84H104F2N6O18S2. The second-order valence-corrected chi connectivity index (χ2v) is 39.0. The summed E-state index contributed by atoms with van der Waals surface area (Å²) in [6, 6.07) is 6.42. The van der Waals surface area contributed by atoms with Gasteiger partial charge in [-0.25, -0.2) is 35.6 Å². The Morgan fingerprint density at radius 1 is 0.509 bits per heavy atom. The number of ether oxygens (including phenoxy) is 6. The molecule has 2 aromatic heterocycles. The standard InChI is InChI=1S/2C42H52FN3O9S/c2*1-23-6-4-5-7-27-20-42(27,41(50)45-56(51,52)31-8-9-31)21-36(47)35-18-30(55-39-34-16-28(43)17-37(53-3)32(34)10-11-44-39)22-46(35)40(49)33(24(2)12-23)19-38(48)54-29-14-25-13-26(25)15-29/h2*5,7,10-11,16-17,23-27,29-31,33,35H,4,6,8-9,12-15,18-22H2,1-3H3,(H,45,50)/b2*7-5-/t23-,24+,25-,26+,27+,29?,30+,33-,35-,42+;23-,24-,25-,26+,27-,29?,30-,33+,35+,42-/m01/s1. The number of methoxy groups -OCH3 is 2. The van der Waals surface area contributed by atoms with Gasteiger partial charge >= 0.3 is 11.9 Å². The van der Waals surface area contributed by atoms with Gasteiger partial charge in [0.15, 0.2) is 11.6 Å². The summed E-state index contributed by atoms with van der Waals surface area (Å²) in [6.07, 6.45) is 21.1. The summed E-state index contributed by atoms with van der Waals surface area (Å²) in [5, 5.41) is 0.636. The highest BCUT2D eigenvalue weighted by Gasteiger charge is 2.64. The fraction of sp³-hybridized carbons (Fsp3) is 0.643. The number of hydrogen-bond donors (Lipinski definition) is 2. The molecule has 0 spiro atoms. The Balaban J connectivity index is 0.000000177. The molecule has 4 aliphatic heterocycles. The van der Waals surface area contributed by atoms with E-state index in [0.29, 0.717) is 121 Å². The number of pyridine rings is 2. The van der Waals surface area contributed by atoms with Crippen LogP contribution in [-0.2, 0) is 67.9 Å². The van der Waals surface area contributed by atoms with E-state index in [2.05, 4.69) is 33.3 Å². The van der Waals surface area contributed by atoms with Crippen LogP contribution in [-0.4, -0.2) is 158 Å². The zero-order valence-electron chi connectivity index (χ0n) is 64.6. The molecule has 6 heterocycles. The normalized spacial score (nSPS) is 35.0. The number of aromatic nitrogens is 2. The molecule has 2 saturated heterocycles. The summed E-state index contributed by atoms with van der Waals surface area (Å²) in [6.45, 7) is 8.15. The minimum Gasteiger partial charge on any atom is -0.496 e. The van der Waals surface area contributed by atoms with Crippen molar-refractivity contribution in [1.29, 1.82) is 0 Å². The van der Waals surface area contributed by atoms with Crippen molar-refractivity contribution in [3.8, 4) is 23.3 Å². The van der Waals surface area contributed by atoms with E-state index in [1.54, 1.807) is 12.1 Å². The third kappa shape index (κ3) is 17.1. The van der Waals surface area contributed by atoms with E-state index in [-0.39, 0.29) is 134 Å². The molecule has 16 rings (SSSR count). The summed E-state index contributed by atoms with van der Waals surface area (Å²) in [5.41, 5.74) is -2.56. The van der Waals surface area contributed by atoms with Gasteiger partial charge in [0.05, 0.1) is 96.2 Å². The molecule has 2 N–H and O–H groups in total. The molecule has 4 amide bonds. The fourth-order valence-electron chi connectivity index (χ4n) is 19.5. The van der Waals surface area contributed by atoms with Crippen molar-refractivity contribution in [2.75, 3.05) is 27.3 Å². The lowest BCUT2D eigenvalue weighted by molar-refractivity contribution is -0.155. The SMILES string of the molecule is COc1cc(F)cc2c(O[C@@H]3C[C@H]4C(=O)C[C@]5(C(=O)NS(=O)(=O)C6CC6)C[C@H]5/C=C\CC[C@@H](C)C[C@@H](C)[C@H](CC(=O)OC5C[C@@H]6C[C@@H]6C5)C(=O)N4C3)nccc12.COc1cc(F)cc2c(O[C@@H]3C[C@H]4C(=O)C[C@]5(C(=O)NS(=O)(=O)C6CC6)C[C@H]5/C=C\CC[C@H](C)C[C@@H](C)[C@H](CC(=O)OC5C[C@@H]6C[C@@H]6C5)C(=O)N4C3)nccc12. The number of nitrogens with zero attached hydrogens (tertiary/aromatic N) is 4. The van der Waals surface area contributed by atoms with Crippen molar-refractivity contribution < 1.29 is 92.4 Å². The average Bonchev–Trinajstić information content (AvgIpc) is 1.57. The summed E-state index contributed by atoms with van der Waals surface area (Å²) in [4.78, 5) is 126. The van der Waals surface area contributed by atoms with Crippen molar-refractivity contribution in [3.05, 3.63) is 84.7 Å². The van der Waals surface area contributed by atoms with Crippen molar-refractivity contribution in [2.45, 2.75) is 229 Å². The molecule has 4 aromatic rings. The molecule has 112 heavy (non-hydrogen) atoms. The Bertz CT molecular complexity index is 4380. The summed E-state index contributed by atoms with van der Waals surface area (Å²) < 4.78 is 121. The first-order chi connectivity index (χ1) is 53.5. The van der Waals surface area contributed by atoms with Crippen molar-refractivity contribution in [1.82, 2.24) is 29.2 Å². The van der Waals surface area contributed by atoms with E-state index < -0.39 is 113 Å². The van der Waals surface area contributed by atoms with E-state index in [9.17, 15) is 64.0 Å². The fourth-order valence-corrected chi connectivity index (χ4v) is 22.3. The van der Waals surface area contributed by atoms with Gasteiger partial charge in [-0.05, 0) is 199 Å². The molecule has 20 atom stereocenters. The number of hydrogen-bond acceptors (Lipinski definition) is 20. The van der Waals surface area contributed by atoms with E-state index in [0.717, 1.165) is 38.5 Å². The third-order valence-corrected chi connectivity index (χ3v) is 30.3. The average molecular weight is 1590 g/mol. The number of benzene rings is 2. The van der Waals surface area contributed by atoms with Gasteiger partial charge in [-0.3, -0.25) is 47.8 Å². The van der Waals surface area contributed by atoms with Gasteiger partial charge in [0, 0.05) is 61.0 Å². The van der Waals surface area contributed by atoms with E-state index in [1.165, 1.54) is 73.5 Å². The quantitative estimate of drug-likeness (QED) is 0.0690. The van der Waals surface area contributed by atoms with Crippen LogP contribution in [0.2, 0.25) is 0 Å². The van der Waals surface area contributed by atoms with Crippen LogP contribution in [0, 0.1) is 93.5 Å². The minimum absolute atomic E-state index is 0.0157. The smallest absolute Gasteiger partial charge is 0.306 e. The Kier molecular flexibility index (Phi) is 22.3. The van der Waals surface area contributed by atoms with Crippen LogP contribution >= 0.6 is 0 Å². The number of sulfonamides is 2. The predicted octanol–water partition coefficient (Wildman–Crippen LogP) is 11.3. The number of allylic oxidation sites excluding steroid dienone is 4. The Labute approximate surface area is 652 Å². The van der Waals surface area contributed by atoms with Crippen LogP contribution in [0.15, 0.2) is 73.1 Å². The molecule has 28 heteroatoms. The lowest BCUT2D eigenvalue weighted by Gasteiger charge is -2.32. The van der Waals surface area contributed by atoms with Gasteiger partial charge < -0.3 is 38.2 Å². The molecular weight excluding hydrogens is 1480 g/mol. The van der Waals surface area contributed by atoms with Crippen LogP contribution in [0.4, 0.5) is 8.78 Å². The Morgan fingerprint density at radius 2 is 0.893 bits per heavy atom. The number of ketones is 2. The number of fused-ring (bicyclic) bond motifs is 8. The van der Waals surface area contributed by atoms with Gasteiger partial charge in [-0.1, -0.05) is 52.0 Å². The van der Waals surface area contributed by atoms with Crippen LogP contribution in [0.5, 0.6) is 23.3 Å². The minimum atomic E-state index is -3.87. The number of Topliss-reactive ketones (excluding diaryl/α,β-unsaturated/α-hetero) is 2. The molecule has 0 bridgehead atoms. The molecule has 8 aliphatic carbocycles. The molecule has 24 nitrogen and oxygen atoms in total. The van der Waals surface area contributed by atoms with Gasteiger partial charge in [-0.15, -0.1) is 0 Å². The largest absolute Gasteiger partial charge is 0.496 e. The van der Waals surface area contributed by atoms with Gasteiger partial charge in [0.25, 0.3) is 0 Å². The zero-order chi connectivity index (χ0) is 79.0. The maximum Gasteiger partial charge on any atom is 0.306 e. The molecule has 604 valence electrons. The lowest BCUT2D eigenvalue weighted by atomic mass is 9.82. The van der Waals surface area contributed by atoms with Crippen molar-refractivity contribution >= 4 is 88.7 Å². The predicted molar refractivity (Wildman–Crippen MR) is 406 cm³/mol. The number of carbonyl (C=O) groups excluding carboxylic acids is 8. The van der Waals surface area contributed by atoms with E-state index in [4.69, 9.17) is 28.4 Å². The maximum absolute atomic E-state index is 14.9. The molecule has 0 radical (unpaired) electrons. The molecule has 8 saturated carbocycles. The van der Waals surface area contributed by atoms with Crippen LogP contribution in [0.25, 0.3) is 21.5 Å². The van der Waals surface area contributed by atoms with Crippen LogP contribution < -0.4 is 28.4 Å². The Hall–Kier alpha value is -8.14. The molecule has 10 fully saturated rings. The highest BCUT2D eigenvalue weighted by atomic mass is 32.2. The van der Waals surface area contributed by atoms with Gasteiger partial charge in [-0.2, -0.15) is 0 Å². The molecule has 12 aliphatic rings. The third-order valence-electron chi connectivity index (χ3n) is 26.6. The highest BCUT2D eigenvalue weighted by molar-refractivity contribution is 7.91. The Morgan fingerprint density at radius 3 is 1.26 bits per heavy atom. The van der Waals surface area contributed by atoms with Crippen molar-refractivity contribution in [2.24, 2.45) is 81.8 Å². The van der Waals surface area contributed by atoms with E-state index in [1.807, 2.05) is 38.2 Å². The summed E-state index contributed by atoms with van der Waals surface area (Å²) in [7, 11) is -4.87. The van der Waals surface area contributed by atoms with Gasteiger partial charge in [0.2, 0.25) is 55.4 Å². The number of halogens is 2. The van der Waals surface area contributed by atoms with Gasteiger partial charge in [0.1, 0.15) is 47.5 Å².